The predicted octanol–water partition coefficient (Wildman–Crippen LogP) is 2.69. The minimum atomic E-state index is 0. The first-order chi connectivity index (χ1) is 6.33. The fourth-order valence-electron chi connectivity index (χ4n) is 1.30. The lowest BCUT2D eigenvalue weighted by atomic mass is 10.1. The van der Waals surface area contributed by atoms with Crippen LogP contribution in [-0.2, 0) is 6.42 Å². The third-order valence-corrected chi connectivity index (χ3v) is 2.59. The molecule has 2 N–H and O–H groups in total. The molecule has 1 rings (SSSR count). The van der Waals surface area contributed by atoms with Gasteiger partial charge in [0.2, 0.25) is 0 Å². The Hall–Kier alpha value is -0.180. The molecule has 0 bridgehead atoms. The van der Waals surface area contributed by atoms with Crippen LogP contribution in [0.3, 0.4) is 0 Å². The highest BCUT2D eigenvalue weighted by Gasteiger charge is 1.99. The minimum Gasteiger partial charge on any atom is -0.327 e. The molecule has 1 aromatic carbocycles. The van der Waals surface area contributed by atoms with Gasteiger partial charge in [-0.25, -0.2) is 0 Å². The first-order valence-electron chi connectivity index (χ1n) is 4.73. The van der Waals surface area contributed by atoms with Crippen LogP contribution in [0.4, 0.5) is 0 Å². The van der Waals surface area contributed by atoms with E-state index >= 15 is 0 Å². The summed E-state index contributed by atoms with van der Waals surface area (Å²) in [6.07, 6.45) is 3.35. The van der Waals surface area contributed by atoms with Gasteiger partial charge in [-0.3, -0.25) is 0 Å². The van der Waals surface area contributed by atoms with Crippen LogP contribution < -0.4 is 5.73 Å². The van der Waals surface area contributed by atoms with Gasteiger partial charge in [0.15, 0.2) is 0 Å². The van der Waals surface area contributed by atoms with Gasteiger partial charge in [-0.1, -0.05) is 30.3 Å². The number of hydrogen-bond acceptors (Lipinski definition) is 2. The monoisotopic (exact) mass is 231 g/mol. The van der Waals surface area contributed by atoms with Crippen molar-refractivity contribution in [3.63, 3.8) is 0 Å². The van der Waals surface area contributed by atoms with E-state index in [2.05, 4.69) is 36.9 Å². The number of halogens is 1. The smallest absolute Gasteiger partial charge is 0.0128 e. The second kappa shape index (κ2) is 8.16. The van der Waals surface area contributed by atoms with E-state index in [1.165, 1.54) is 5.56 Å². The van der Waals surface area contributed by atoms with E-state index in [1.807, 2.05) is 6.07 Å². The lowest BCUT2D eigenvalue weighted by Gasteiger charge is -2.07. The zero-order valence-corrected chi connectivity index (χ0v) is 9.94. The standard InChI is InChI=1S/C11H17NS.ClH/c12-11(9-13)8-4-7-10-5-2-1-3-6-10;/h1-3,5-6,11,13H,4,7-9,12H2;1H/t11-;/m1./s1. The van der Waals surface area contributed by atoms with Crippen LogP contribution in [0, 0.1) is 0 Å². The van der Waals surface area contributed by atoms with Gasteiger partial charge in [-0.15, -0.1) is 12.4 Å². The van der Waals surface area contributed by atoms with Crippen LogP contribution in [-0.4, -0.2) is 11.8 Å². The van der Waals surface area contributed by atoms with Gasteiger partial charge in [0.05, 0.1) is 0 Å². The summed E-state index contributed by atoms with van der Waals surface area (Å²) in [6, 6.07) is 10.8. The predicted molar refractivity (Wildman–Crippen MR) is 68.5 cm³/mol. The third kappa shape index (κ3) is 5.53. The molecule has 3 heteroatoms. The molecular formula is C11H18ClNS. The summed E-state index contributed by atoms with van der Waals surface area (Å²) in [6.45, 7) is 0. The Morgan fingerprint density at radius 1 is 1.21 bits per heavy atom. The van der Waals surface area contributed by atoms with Crippen LogP contribution in [0.25, 0.3) is 0 Å². The summed E-state index contributed by atoms with van der Waals surface area (Å²) in [5.74, 6) is 0.786. The summed E-state index contributed by atoms with van der Waals surface area (Å²) in [5, 5.41) is 0. The number of rotatable bonds is 5. The number of benzene rings is 1. The Bertz CT molecular complexity index is 228. The normalized spacial score (nSPS) is 11.9. The van der Waals surface area contributed by atoms with Crippen molar-refractivity contribution in [1.82, 2.24) is 0 Å². The molecule has 0 radical (unpaired) electrons. The molecule has 0 aliphatic carbocycles. The van der Waals surface area contributed by atoms with Crippen molar-refractivity contribution in [2.24, 2.45) is 5.73 Å². The summed E-state index contributed by atoms with van der Waals surface area (Å²) in [7, 11) is 0. The van der Waals surface area contributed by atoms with Gasteiger partial charge in [-0.2, -0.15) is 12.6 Å². The Morgan fingerprint density at radius 2 is 1.86 bits per heavy atom. The van der Waals surface area contributed by atoms with Gasteiger partial charge in [-0.05, 0) is 24.8 Å². The SMILES string of the molecule is Cl.N[C@@H](CS)CCCc1ccccc1. The molecule has 0 unspecified atom stereocenters. The highest BCUT2D eigenvalue weighted by atomic mass is 35.5. The molecule has 0 aliphatic heterocycles. The number of nitrogens with two attached hydrogens (primary N) is 1. The molecule has 0 spiro atoms. The molecule has 14 heavy (non-hydrogen) atoms. The van der Waals surface area contributed by atoms with Gasteiger partial charge >= 0.3 is 0 Å². The molecule has 80 valence electrons. The molecular weight excluding hydrogens is 214 g/mol. The second-order valence-electron chi connectivity index (χ2n) is 3.32. The molecule has 0 amide bonds. The first-order valence-corrected chi connectivity index (χ1v) is 5.36. The molecule has 1 nitrogen and oxygen atoms in total. The van der Waals surface area contributed by atoms with E-state index in [9.17, 15) is 0 Å². The van der Waals surface area contributed by atoms with Crippen LogP contribution >= 0.6 is 25.0 Å². The molecule has 0 heterocycles. The number of hydrogen-bond donors (Lipinski definition) is 2. The van der Waals surface area contributed by atoms with Gasteiger partial charge in [0.25, 0.3) is 0 Å². The molecule has 0 aliphatic rings. The van der Waals surface area contributed by atoms with E-state index in [-0.39, 0.29) is 18.4 Å². The van der Waals surface area contributed by atoms with Crippen LogP contribution in [0.1, 0.15) is 18.4 Å². The Kier molecular flexibility index (Phi) is 8.05. The van der Waals surface area contributed by atoms with Crippen molar-refractivity contribution in [2.75, 3.05) is 5.75 Å². The molecule has 1 aromatic rings. The Morgan fingerprint density at radius 3 is 2.43 bits per heavy atom. The van der Waals surface area contributed by atoms with Crippen LogP contribution in [0.2, 0.25) is 0 Å². The minimum absolute atomic E-state index is 0. The van der Waals surface area contributed by atoms with Gasteiger partial charge in [0.1, 0.15) is 0 Å². The van der Waals surface area contributed by atoms with Crippen LogP contribution in [0.5, 0.6) is 0 Å². The van der Waals surface area contributed by atoms with Crippen molar-refractivity contribution in [3.05, 3.63) is 35.9 Å². The van der Waals surface area contributed by atoms with Gasteiger partial charge < -0.3 is 5.73 Å². The zero-order chi connectivity index (χ0) is 9.52. The Labute approximate surface area is 97.9 Å². The lowest BCUT2D eigenvalue weighted by molar-refractivity contribution is 0.632. The van der Waals surface area contributed by atoms with E-state index < -0.39 is 0 Å². The van der Waals surface area contributed by atoms with Crippen LogP contribution in [0.15, 0.2) is 30.3 Å². The van der Waals surface area contributed by atoms with E-state index in [1.54, 1.807) is 0 Å². The summed E-state index contributed by atoms with van der Waals surface area (Å²) < 4.78 is 0. The molecule has 0 saturated carbocycles. The van der Waals surface area contributed by atoms with Crippen molar-refractivity contribution in [1.29, 1.82) is 0 Å². The molecule has 1 atom stereocenters. The number of aryl methyl sites for hydroxylation is 1. The lowest BCUT2D eigenvalue weighted by Crippen LogP contribution is -2.21. The fourth-order valence-corrected chi connectivity index (χ4v) is 1.49. The van der Waals surface area contributed by atoms with Crippen molar-refractivity contribution in [3.8, 4) is 0 Å². The van der Waals surface area contributed by atoms with E-state index in [0.717, 1.165) is 25.0 Å². The maximum Gasteiger partial charge on any atom is 0.0128 e. The molecule has 0 fully saturated rings. The Balaban J connectivity index is 0.00000169. The van der Waals surface area contributed by atoms with Gasteiger partial charge in [0, 0.05) is 11.8 Å². The van der Waals surface area contributed by atoms with Crippen molar-refractivity contribution < 1.29 is 0 Å². The first kappa shape index (κ1) is 13.8. The van der Waals surface area contributed by atoms with Crippen molar-refractivity contribution >= 4 is 25.0 Å². The fraction of sp³-hybridized carbons (Fsp3) is 0.455. The third-order valence-electron chi connectivity index (χ3n) is 2.12. The highest BCUT2D eigenvalue weighted by Crippen LogP contribution is 2.05. The summed E-state index contributed by atoms with van der Waals surface area (Å²) in [5.41, 5.74) is 7.16. The number of thiol groups is 1. The average Bonchev–Trinajstić information content (AvgIpc) is 2.19. The van der Waals surface area contributed by atoms with Crippen molar-refractivity contribution in [2.45, 2.75) is 25.3 Å². The maximum atomic E-state index is 5.76. The molecule has 0 aromatic heterocycles. The largest absolute Gasteiger partial charge is 0.327 e. The summed E-state index contributed by atoms with van der Waals surface area (Å²) >= 11 is 4.15. The second-order valence-corrected chi connectivity index (χ2v) is 3.69. The van der Waals surface area contributed by atoms with E-state index in [0.29, 0.717) is 0 Å². The average molecular weight is 232 g/mol. The zero-order valence-electron chi connectivity index (χ0n) is 8.23. The molecule has 0 saturated heterocycles. The quantitative estimate of drug-likeness (QED) is 0.749. The van der Waals surface area contributed by atoms with E-state index in [4.69, 9.17) is 5.73 Å². The topological polar surface area (TPSA) is 26.0 Å². The maximum absolute atomic E-state index is 5.76. The summed E-state index contributed by atoms with van der Waals surface area (Å²) in [4.78, 5) is 0. The highest BCUT2D eigenvalue weighted by molar-refractivity contribution is 7.80.